The van der Waals surface area contributed by atoms with Crippen LogP contribution in [0.4, 0.5) is 0 Å². The highest BCUT2D eigenvalue weighted by atomic mass is 16.2. The minimum atomic E-state index is -0.307. The van der Waals surface area contributed by atoms with E-state index in [0.29, 0.717) is 11.1 Å². The number of carbonyl (C=O) groups is 2. The van der Waals surface area contributed by atoms with Gasteiger partial charge in [-0.25, -0.2) is 0 Å². The molecule has 4 heteroatoms. The Morgan fingerprint density at radius 1 is 0.810 bits per heavy atom. The molecule has 0 saturated heterocycles. The number of rotatable bonds is 2. The van der Waals surface area contributed by atoms with Gasteiger partial charge in [0.05, 0.1) is 0 Å². The van der Waals surface area contributed by atoms with Crippen molar-refractivity contribution in [2.24, 2.45) is 0 Å². The van der Waals surface area contributed by atoms with E-state index < -0.39 is 0 Å². The molecule has 2 rings (SSSR count). The lowest BCUT2D eigenvalue weighted by Gasteiger charge is -2.18. The fourth-order valence-electron chi connectivity index (χ4n) is 1.86. The van der Waals surface area contributed by atoms with E-state index in [-0.39, 0.29) is 11.8 Å². The topological polar surface area (TPSA) is 49.4 Å². The molecule has 21 heavy (non-hydrogen) atoms. The molecule has 2 amide bonds. The van der Waals surface area contributed by atoms with Crippen LogP contribution in [0.25, 0.3) is 0 Å². The second-order valence-corrected chi connectivity index (χ2v) is 5.04. The number of hydrogen-bond donors (Lipinski definition) is 1. The third kappa shape index (κ3) is 3.69. The van der Waals surface area contributed by atoms with Gasteiger partial charge in [-0.2, -0.15) is 0 Å². The number of aryl methyl sites for hydroxylation is 2. The highest BCUT2D eigenvalue weighted by molar-refractivity contribution is 5.98. The van der Waals surface area contributed by atoms with Crippen LogP contribution in [-0.4, -0.2) is 23.9 Å². The minimum absolute atomic E-state index is 0.254. The maximum absolute atomic E-state index is 12.2. The van der Waals surface area contributed by atoms with Crippen LogP contribution >= 0.6 is 0 Å². The fraction of sp³-hybridized carbons (Fsp3) is 0.176. The van der Waals surface area contributed by atoms with Gasteiger partial charge in [0.15, 0.2) is 0 Å². The van der Waals surface area contributed by atoms with Crippen molar-refractivity contribution in [1.29, 1.82) is 0 Å². The smallest absolute Gasteiger partial charge is 0.267 e. The van der Waals surface area contributed by atoms with Crippen molar-refractivity contribution >= 4 is 11.8 Å². The Morgan fingerprint density at radius 2 is 1.24 bits per heavy atom. The molecule has 1 N–H and O–H groups in total. The van der Waals surface area contributed by atoms with E-state index in [9.17, 15) is 9.59 Å². The van der Waals surface area contributed by atoms with Crippen molar-refractivity contribution < 1.29 is 9.59 Å². The van der Waals surface area contributed by atoms with Crippen LogP contribution in [0.2, 0.25) is 0 Å². The lowest BCUT2D eigenvalue weighted by atomic mass is 10.1. The van der Waals surface area contributed by atoms with E-state index in [0.717, 1.165) is 11.1 Å². The molecule has 2 aromatic carbocycles. The normalized spacial score (nSPS) is 10.0. The summed E-state index contributed by atoms with van der Waals surface area (Å²) < 4.78 is 0. The molecule has 0 fully saturated rings. The third-order valence-corrected chi connectivity index (χ3v) is 3.19. The van der Waals surface area contributed by atoms with Crippen molar-refractivity contribution in [3.63, 3.8) is 0 Å². The molecule has 0 unspecified atom stereocenters. The van der Waals surface area contributed by atoms with Crippen LogP contribution in [0, 0.1) is 13.8 Å². The Labute approximate surface area is 124 Å². The van der Waals surface area contributed by atoms with Gasteiger partial charge in [-0.15, -0.1) is 0 Å². The predicted molar refractivity (Wildman–Crippen MR) is 81.9 cm³/mol. The van der Waals surface area contributed by atoms with E-state index in [1.54, 1.807) is 24.3 Å². The molecule has 0 heterocycles. The standard InChI is InChI=1S/C17H18N2O2/c1-12-4-8-14(9-5-12)16(20)18-19(3)17(21)15-10-6-13(2)7-11-15/h4-11H,1-3H3,(H,18,20). The van der Waals surface area contributed by atoms with Gasteiger partial charge in [-0.3, -0.25) is 20.0 Å². The zero-order valence-corrected chi connectivity index (χ0v) is 12.4. The lowest BCUT2D eigenvalue weighted by Crippen LogP contribution is -2.43. The quantitative estimate of drug-likeness (QED) is 0.861. The molecule has 0 aliphatic heterocycles. The van der Waals surface area contributed by atoms with Crippen molar-refractivity contribution in [3.05, 3.63) is 70.8 Å². The Balaban J connectivity index is 2.05. The van der Waals surface area contributed by atoms with Gasteiger partial charge in [-0.05, 0) is 38.1 Å². The lowest BCUT2D eigenvalue weighted by molar-refractivity contribution is 0.0636. The van der Waals surface area contributed by atoms with Crippen LogP contribution < -0.4 is 5.43 Å². The second-order valence-electron chi connectivity index (χ2n) is 5.04. The van der Waals surface area contributed by atoms with Gasteiger partial charge < -0.3 is 0 Å². The molecule has 0 aliphatic rings. The SMILES string of the molecule is Cc1ccc(C(=O)NN(C)C(=O)c2ccc(C)cc2)cc1. The molecule has 0 saturated carbocycles. The molecule has 2 aromatic rings. The van der Waals surface area contributed by atoms with E-state index in [1.807, 2.05) is 38.1 Å². The summed E-state index contributed by atoms with van der Waals surface area (Å²) in [5.74, 6) is -0.562. The number of nitrogens with zero attached hydrogens (tertiary/aromatic N) is 1. The number of nitrogens with one attached hydrogen (secondary N) is 1. The third-order valence-electron chi connectivity index (χ3n) is 3.19. The zero-order chi connectivity index (χ0) is 15.4. The summed E-state index contributed by atoms with van der Waals surface area (Å²) in [5.41, 5.74) is 5.79. The number of hydrazine groups is 1. The summed E-state index contributed by atoms with van der Waals surface area (Å²) in [6.45, 7) is 3.91. The number of carbonyl (C=O) groups excluding carboxylic acids is 2. The van der Waals surface area contributed by atoms with E-state index in [4.69, 9.17) is 0 Å². The van der Waals surface area contributed by atoms with Crippen LogP contribution in [0.1, 0.15) is 31.8 Å². The summed E-state index contributed by atoms with van der Waals surface area (Å²) in [5, 5.41) is 1.20. The predicted octanol–water partition coefficient (Wildman–Crippen LogP) is 2.72. The Bertz CT molecular complexity index is 645. The van der Waals surface area contributed by atoms with Crippen molar-refractivity contribution in [2.45, 2.75) is 13.8 Å². The largest absolute Gasteiger partial charge is 0.272 e. The molecule has 0 aromatic heterocycles. The Hall–Kier alpha value is -2.62. The molecule has 108 valence electrons. The first kappa shape index (κ1) is 14.8. The van der Waals surface area contributed by atoms with Gasteiger partial charge in [-0.1, -0.05) is 35.4 Å². The summed E-state index contributed by atoms with van der Waals surface area (Å²) in [6.07, 6.45) is 0. The highest BCUT2D eigenvalue weighted by Crippen LogP contribution is 2.06. The maximum atomic E-state index is 12.2. The first-order chi connectivity index (χ1) is 9.97. The monoisotopic (exact) mass is 282 g/mol. The van der Waals surface area contributed by atoms with Crippen molar-refractivity contribution in [3.8, 4) is 0 Å². The van der Waals surface area contributed by atoms with Crippen LogP contribution in [-0.2, 0) is 0 Å². The van der Waals surface area contributed by atoms with Crippen molar-refractivity contribution in [2.75, 3.05) is 7.05 Å². The van der Waals surface area contributed by atoms with Crippen LogP contribution in [0.15, 0.2) is 48.5 Å². The first-order valence-electron chi connectivity index (χ1n) is 6.70. The average molecular weight is 282 g/mol. The second kappa shape index (κ2) is 6.22. The molecule has 0 spiro atoms. The Morgan fingerprint density at radius 3 is 1.71 bits per heavy atom. The summed E-state index contributed by atoms with van der Waals surface area (Å²) in [7, 11) is 1.54. The van der Waals surface area contributed by atoms with Gasteiger partial charge in [0.25, 0.3) is 11.8 Å². The number of amides is 2. The van der Waals surface area contributed by atoms with Crippen molar-refractivity contribution in [1.82, 2.24) is 10.4 Å². The van der Waals surface area contributed by atoms with Crippen LogP contribution in [0.3, 0.4) is 0 Å². The Kier molecular flexibility index (Phi) is 4.38. The van der Waals surface area contributed by atoms with Crippen LogP contribution in [0.5, 0.6) is 0 Å². The number of hydrogen-bond acceptors (Lipinski definition) is 2. The maximum Gasteiger partial charge on any atom is 0.272 e. The molecule has 4 nitrogen and oxygen atoms in total. The fourth-order valence-corrected chi connectivity index (χ4v) is 1.86. The zero-order valence-electron chi connectivity index (χ0n) is 12.4. The number of benzene rings is 2. The first-order valence-corrected chi connectivity index (χ1v) is 6.70. The molecule has 0 aliphatic carbocycles. The van der Waals surface area contributed by atoms with E-state index in [2.05, 4.69) is 5.43 Å². The summed E-state index contributed by atoms with van der Waals surface area (Å²) >= 11 is 0. The van der Waals surface area contributed by atoms with Gasteiger partial charge in [0.1, 0.15) is 0 Å². The molecular weight excluding hydrogens is 264 g/mol. The summed E-state index contributed by atoms with van der Waals surface area (Å²) in [6, 6.07) is 14.4. The average Bonchev–Trinajstić information content (AvgIpc) is 2.47. The highest BCUT2D eigenvalue weighted by Gasteiger charge is 2.14. The van der Waals surface area contributed by atoms with Gasteiger partial charge in [0, 0.05) is 18.2 Å². The van der Waals surface area contributed by atoms with E-state index in [1.165, 1.54) is 12.1 Å². The summed E-state index contributed by atoms with van der Waals surface area (Å²) in [4.78, 5) is 24.2. The van der Waals surface area contributed by atoms with Gasteiger partial charge >= 0.3 is 0 Å². The minimum Gasteiger partial charge on any atom is -0.267 e. The molecule has 0 radical (unpaired) electrons. The van der Waals surface area contributed by atoms with Gasteiger partial charge in [0.2, 0.25) is 0 Å². The molecule has 0 atom stereocenters. The van der Waals surface area contributed by atoms with E-state index >= 15 is 0 Å². The molecular formula is C17H18N2O2. The molecule has 0 bridgehead atoms.